The lowest BCUT2D eigenvalue weighted by molar-refractivity contribution is -0.163. The quantitative estimate of drug-likeness (QED) is 0.176. The van der Waals surface area contributed by atoms with Crippen molar-refractivity contribution in [3.63, 3.8) is 0 Å². The topological polar surface area (TPSA) is 181 Å². The van der Waals surface area contributed by atoms with Crippen molar-refractivity contribution in [2.75, 3.05) is 39.8 Å². The van der Waals surface area contributed by atoms with Crippen molar-refractivity contribution in [3.8, 4) is 5.75 Å². The molecule has 3 heterocycles. The number of rotatable bonds is 11. The lowest BCUT2D eigenvalue weighted by Crippen LogP contribution is -2.63. The van der Waals surface area contributed by atoms with Gasteiger partial charge in [-0.1, -0.05) is 55.7 Å². The molecule has 1 saturated heterocycles. The van der Waals surface area contributed by atoms with Gasteiger partial charge in [0.25, 0.3) is 11.8 Å². The molecule has 2 N–H and O–H groups in total. The minimum absolute atomic E-state index is 0.00390. The number of hydrogen-bond acceptors (Lipinski definition) is 11. The van der Waals surface area contributed by atoms with E-state index in [0.717, 1.165) is 16.0 Å². The molecule has 0 radical (unpaired) electrons. The standard InChI is InChI=1S/C43H57ClN4O11/c1-25-13-12-14-33(57-8)43(55)24-32(58-41(54)45-43)26(2)29-23-42(29,4)34(22-38(52)47(6)30-20-28(19-25)21-31(56-7)39(30)44)59-40(53)27(3)46(5)35(49)15-10-9-11-18-48-36(50)16-17-37(48)51/h12-14,16-17,20-21,26-27,29,32-34,55H,9-11,15,18-19,22-24H2,1-8H3,(H,45,54)/b14-12+,25-13+/t26-,27-,29-,32-,33+,34-,42+,43-/m0/s1. The molecule has 1 aliphatic carbocycles. The van der Waals surface area contributed by atoms with Crippen LogP contribution in [0.1, 0.15) is 78.2 Å². The number of alkyl carbamates (subject to hydrolysis) is 1. The van der Waals surface area contributed by atoms with Crippen LogP contribution in [-0.2, 0) is 44.6 Å². The molecule has 1 aromatic carbocycles. The Balaban J connectivity index is 1.39. The Hall–Kier alpha value is -4.73. The zero-order valence-electron chi connectivity index (χ0n) is 35.1. The van der Waals surface area contributed by atoms with E-state index in [1.54, 1.807) is 32.2 Å². The molecule has 1 aromatic rings. The normalized spacial score (nSPS) is 30.4. The van der Waals surface area contributed by atoms with Crippen LogP contribution < -0.4 is 15.0 Å². The van der Waals surface area contributed by atoms with E-state index in [-0.39, 0.29) is 66.3 Å². The number of halogens is 1. The smallest absolute Gasteiger partial charge is 0.409 e. The van der Waals surface area contributed by atoms with Gasteiger partial charge in [0.15, 0.2) is 5.72 Å². The van der Waals surface area contributed by atoms with Gasteiger partial charge in [0.05, 0.1) is 19.2 Å². The molecule has 3 aliphatic heterocycles. The molecule has 4 aliphatic rings. The molecule has 1 saturated carbocycles. The van der Waals surface area contributed by atoms with Gasteiger partial charge < -0.3 is 33.9 Å². The van der Waals surface area contributed by atoms with Crippen molar-refractivity contribution >= 4 is 53.0 Å². The third-order valence-electron chi connectivity index (χ3n) is 12.4. The Morgan fingerprint density at radius 2 is 1.80 bits per heavy atom. The van der Waals surface area contributed by atoms with E-state index in [0.29, 0.717) is 43.5 Å². The highest BCUT2D eigenvalue weighted by molar-refractivity contribution is 6.35. The second-order valence-corrected chi connectivity index (χ2v) is 16.8. The average molecular weight is 841 g/mol. The molecule has 15 nitrogen and oxygen atoms in total. The number of carbonyl (C=O) groups is 6. The number of anilines is 1. The number of esters is 1. The number of hydrogen-bond donors (Lipinski definition) is 2. The maximum atomic E-state index is 14.3. The fourth-order valence-corrected chi connectivity index (χ4v) is 8.64. The van der Waals surface area contributed by atoms with E-state index in [4.69, 9.17) is 30.5 Å². The molecule has 4 bridgehead atoms. The van der Waals surface area contributed by atoms with Crippen LogP contribution in [0.3, 0.4) is 0 Å². The summed E-state index contributed by atoms with van der Waals surface area (Å²) in [6.07, 6.45) is 6.83. The molecule has 5 rings (SSSR count). The van der Waals surface area contributed by atoms with Gasteiger partial charge in [-0.05, 0) is 69.1 Å². The maximum Gasteiger partial charge on any atom is 0.409 e. The number of benzene rings is 1. The molecule has 8 atom stereocenters. The number of nitrogens with zero attached hydrogens (tertiary/aromatic N) is 3. The van der Waals surface area contributed by atoms with E-state index >= 15 is 0 Å². The summed E-state index contributed by atoms with van der Waals surface area (Å²) < 4.78 is 23.2. The summed E-state index contributed by atoms with van der Waals surface area (Å²) in [5.74, 6) is -2.23. The van der Waals surface area contributed by atoms with E-state index in [2.05, 4.69) is 5.32 Å². The van der Waals surface area contributed by atoms with Gasteiger partial charge in [0, 0.05) is 58.2 Å². The molecule has 5 amide bonds. The number of aliphatic hydroxyl groups is 1. The van der Waals surface area contributed by atoms with Gasteiger partial charge in [-0.25, -0.2) is 9.59 Å². The molecular weight excluding hydrogens is 784 g/mol. The molecule has 322 valence electrons. The van der Waals surface area contributed by atoms with Crippen molar-refractivity contribution < 1.29 is 52.8 Å². The number of amides is 5. The number of fused-ring (bicyclic) bond motifs is 5. The van der Waals surface area contributed by atoms with Crippen molar-refractivity contribution in [1.82, 2.24) is 15.1 Å². The van der Waals surface area contributed by atoms with Gasteiger partial charge >= 0.3 is 12.1 Å². The summed E-state index contributed by atoms with van der Waals surface area (Å²) in [5, 5.41) is 14.6. The summed E-state index contributed by atoms with van der Waals surface area (Å²) in [5.41, 5.74) is -0.412. The lowest BCUT2D eigenvalue weighted by Gasteiger charge is -2.42. The number of ether oxygens (including phenoxy) is 4. The Morgan fingerprint density at radius 3 is 2.46 bits per heavy atom. The number of likely N-dealkylation sites (N-methyl/N-ethyl adjacent to an activating group) is 1. The summed E-state index contributed by atoms with van der Waals surface area (Å²) in [6, 6.07) is 2.61. The van der Waals surface area contributed by atoms with E-state index < -0.39 is 47.6 Å². The van der Waals surface area contributed by atoms with E-state index in [9.17, 15) is 33.9 Å². The van der Waals surface area contributed by atoms with Crippen LogP contribution >= 0.6 is 11.6 Å². The van der Waals surface area contributed by atoms with Crippen molar-refractivity contribution in [3.05, 3.63) is 58.7 Å². The van der Waals surface area contributed by atoms with Gasteiger partial charge in [-0.3, -0.25) is 29.4 Å². The SMILES string of the molecule is COc1cc2cc(c1Cl)N(C)C(=O)C[C@H](OC(=O)[C@H](C)N(C)C(=O)CCCCCN1C(=O)C=CC1=O)[C@]1(C)C[C@H]1[C@H](C)[C@@H]1C[C@@](O)(NC(=O)O1)[C@H](OC)/C=C/C=C(\C)C2. The third-order valence-corrected chi connectivity index (χ3v) is 12.8. The van der Waals surface area contributed by atoms with Gasteiger partial charge in [0.2, 0.25) is 11.8 Å². The highest BCUT2D eigenvalue weighted by Crippen LogP contribution is 2.61. The fraction of sp³-hybridized carbons (Fsp3) is 0.581. The first-order valence-corrected chi connectivity index (χ1v) is 20.4. The lowest BCUT2D eigenvalue weighted by atomic mass is 9.83. The van der Waals surface area contributed by atoms with E-state index in [1.807, 2.05) is 32.9 Å². The van der Waals surface area contributed by atoms with Crippen LogP contribution in [0.5, 0.6) is 5.75 Å². The second-order valence-electron chi connectivity index (χ2n) is 16.5. The Morgan fingerprint density at radius 1 is 1.10 bits per heavy atom. The predicted molar refractivity (Wildman–Crippen MR) is 218 cm³/mol. The molecular formula is C43H57ClN4O11. The number of allylic oxidation sites excluding steroid dienone is 3. The van der Waals surface area contributed by atoms with Crippen molar-refractivity contribution in [1.29, 1.82) is 0 Å². The first-order chi connectivity index (χ1) is 27.8. The Kier molecular flexibility index (Phi) is 14.4. The Labute approximate surface area is 350 Å². The van der Waals surface area contributed by atoms with Crippen molar-refractivity contribution in [2.45, 2.75) is 109 Å². The molecule has 16 heteroatoms. The van der Waals surface area contributed by atoms with Crippen LogP contribution in [0.25, 0.3) is 0 Å². The van der Waals surface area contributed by atoms with Crippen molar-refractivity contribution in [2.24, 2.45) is 17.3 Å². The zero-order valence-corrected chi connectivity index (χ0v) is 35.9. The van der Waals surface area contributed by atoms with Gasteiger partial charge in [-0.2, -0.15) is 0 Å². The minimum Gasteiger partial charge on any atom is -0.495 e. The summed E-state index contributed by atoms with van der Waals surface area (Å²) in [6.45, 7) is 7.58. The highest BCUT2D eigenvalue weighted by Gasteiger charge is 2.62. The number of methoxy groups -OCH3 is 2. The van der Waals surface area contributed by atoms with Crippen LogP contribution in [0.15, 0.2) is 48.1 Å². The average Bonchev–Trinajstić information content (AvgIpc) is 3.79. The third kappa shape index (κ3) is 10.2. The number of carbonyl (C=O) groups excluding carboxylic acids is 6. The summed E-state index contributed by atoms with van der Waals surface area (Å²) in [4.78, 5) is 81.9. The minimum atomic E-state index is -1.80. The van der Waals surface area contributed by atoms with Gasteiger partial charge in [0.1, 0.15) is 35.1 Å². The number of unbranched alkanes of at least 4 members (excludes halogenated alkanes) is 2. The molecule has 0 unspecified atom stereocenters. The second kappa shape index (κ2) is 18.7. The largest absolute Gasteiger partial charge is 0.495 e. The molecule has 59 heavy (non-hydrogen) atoms. The monoisotopic (exact) mass is 840 g/mol. The molecule has 0 spiro atoms. The number of nitrogens with one attached hydrogen (secondary N) is 1. The molecule has 2 fully saturated rings. The highest BCUT2D eigenvalue weighted by atomic mass is 35.5. The van der Waals surface area contributed by atoms with Crippen LogP contribution in [0.4, 0.5) is 10.5 Å². The molecule has 0 aromatic heterocycles. The number of imide groups is 1. The first-order valence-electron chi connectivity index (χ1n) is 20.0. The Bertz CT molecular complexity index is 1900. The van der Waals surface area contributed by atoms with Crippen LogP contribution in [0, 0.1) is 17.3 Å². The maximum absolute atomic E-state index is 14.3. The van der Waals surface area contributed by atoms with Gasteiger partial charge in [-0.15, -0.1) is 0 Å². The van der Waals surface area contributed by atoms with Crippen LogP contribution in [-0.4, -0.2) is 116 Å². The predicted octanol–water partition coefficient (Wildman–Crippen LogP) is 4.87. The zero-order chi connectivity index (χ0) is 43.4. The summed E-state index contributed by atoms with van der Waals surface area (Å²) >= 11 is 6.80. The summed E-state index contributed by atoms with van der Waals surface area (Å²) in [7, 11) is 6.05. The fourth-order valence-electron chi connectivity index (χ4n) is 8.32. The first kappa shape index (κ1) is 45.4. The van der Waals surface area contributed by atoms with E-state index in [1.165, 1.54) is 43.2 Å². The van der Waals surface area contributed by atoms with Crippen LogP contribution in [0.2, 0.25) is 5.02 Å².